The SMILES string of the molecule is CCCCOCCNc1nc(N)nc2sc(C)cc12. The lowest BCUT2D eigenvalue weighted by Gasteiger charge is -2.07. The van der Waals surface area contributed by atoms with Gasteiger partial charge in [-0.2, -0.15) is 4.98 Å². The van der Waals surface area contributed by atoms with Crippen molar-refractivity contribution in [3.8, 4) is 0 Å². The molecule has 0 aromatic carbocycles. The average Bonchev–Trinajstić information content (AvgIpc) is 2.73. The topological polar surface area (TPSA) is 73.1 Å². The van der Waals surface area contributed by atoms with Gasteiger partial charge in [-0.3, -0.25) is 0 Å². The number of nitrogen functional groups attached to an aromatic ring is 1. The second-order valence-corrected chi connectivity index (χ2v) is 5.63. The van der Waals surface area contributed by atoms with Crippen molar-refractivity contribution in [1.82, 2.24) is 9.97 Å². The van der Waals surface area contributed by atoms with Crippen molar-refractivity contribution in [3.05, 3.63) is 10.9 Å². The summed E-state index contributed by atoms with van der Waals surface area (Å²) in [6.07, 6.45) is 2.26. The molecule has 6 heteroatoms. The van der Waals surface area contributed by atoms with Crippen molar-refractivity contribution >= 4 is 33.3 Å². The van der Waals surface area contributed by atoms with Crippen LogP contribution in [0.15, 0.2) is 6.07 Å². The van der Waals surface area contributed by atoms with Crippen LogP contribution in [0.2, 0.25) is 0 Å². The first-order valence-electron chi connectivity index (χ1n) is 6.56. The summed E-state index contributed by atoms with van der Waals surface area (Å²) < 4.78 is 5.51. The van der Waals surface area contributed by atoms with Crippen LogP contribution in [0.5, 0.6) is 0 Å². The molecule has 0 saturated heterocycles. The maximum Gasteiger partial charge on any atom is 0.223 e. The maximum absolute atomic E-state index is 5.72. The minimum absolute atomic E-state index is 0.309. The van der Waals surface area contributed by atoms with E-state index in [1.807, 2.05) is 0 Å². The first kappa shape index (κ1) is 14.0. The van der Waals surface area contributed by atoms with Gasteiger partial charge in [0.15, 0.2) is 0 Å². The molecular formula is C13H20N4OS. The van der Waals surface area contributed by atoms with Crippen LogP contribution in [0, 0.1) is 6.92 Å². The third kappa shape index (κ3) is 3.78. The summed E-state index contributed by atoms with van der Waals surface area (Å²) in [4.78, 5) is 10.6. The normalized spacial score (nSPS) is 11.1. The third-order valence-corrected chi connectivity index (χ3v) is 3.66. The largest absolute Gasteiger partial charge is 0.380 e. The number of anilines is 2. The van der Waals surface area contributed by atoms with Gasteiger partial charge in [-0.25, -0.2) is 4.98 Å². The van der Waals surface area contributed by atoms with Crippen LogP contribution in [0.1, 0.15) is 24.6 Å². The molecule has 2 rings (SSSR count). The van der Waals surface area contributed by atoms with E-state index in [2.05, 4.69) is 35.2 Å². The highest BCUT2D eigenvalue weighted by molar-refractivity contribution is 7.18. The van der Waals surface area contributed by atoms with E-state index in [1.165, 1.54) is 4.88 Å². The van der Waals surface area contributed by atoms with E-state index in [1.54, 1.807) is 11.3 Å². The van der Waals surface area contributed by atoms with Gasteiger partial charge >= 0.3 is 0 Å². The van der Waals surface area contributed by atoms with Crippen molar-refractivity contribution in [2.75, 3.05) is 30.8 Å². The molecule has 0 fully saturated rings. The smallest absolute Gasteiger partial charge is 0.223 e. The highest BCUT2D eigenvalue weighted by atomic mass is 32.1. The summed E-state index contributed by atoms with van der Waals surface area (Å²) in [5.41, 5.74) is 5.72. The Labute approximate surface area is 117 Å². The van der Waals surface area contributed by atoms with E-state index < -0.39 is 0 Å². The lowest BCUT2D eigenvalue weighted by molar-refractivity contribution is 0.141. The molecule has 0 aliphatic heterocycles. The van der Waals surface area contributed by atoms with Gasteiger partial charge < -0.3 is 15.8 Å². The van der Waals surface area contributed by atoms with Crippen molar-refractivity contribution in [2.45, 2.75) is 26.7 Å². The van der Waals surface area contributed by atoms with E-state index in [0.717, 1.165) is 42.0 Å². The minimum atomic E-state index is 0.309. The molecule has 0 saturated carbocycles. The fourth-order valence-corrected chi connectivity index (χ4v) is 2.67. The molecule has 19 heavy (non-hydrogen) atoms. The van der Waals surface area contributed by atoms with Crippen LogP contribution in [0.25, 0.3) is 10.2 Å². The van der Waals surface area contributed by atoms with Crippen molar-refractivity contribution in [2.24, 2.45) is 0 Å². The minimum Gasteiger partial charge on any atom is -0.380 e. The highest BCUT2D eigenvalue weighted by Crippen LogP contribution is 2.28. The lowest BCUT2D eigenvalue weighted by atomic mass is 10.3. The van der Waals surface area contributed by atoms with Crippen molar-refractivity contribution < 1.29 is 4.74 Å². The number of hydrogen-bond donors (Lipinski definition) is 2. The van der Waals surface area contributed by atoms with Gasteiger partial charge in [0, 0.05) is 18.0 Å². The molecule has 0 amide bonds. The van der Waals surface area contributed by atoms with Gasteiger partial charge in [0.1, 0.15) is 10.6 Å². The Hall–Kier alpha value is -1.40. The number of nitrogens with one attached hydrogen (secondary N) is 1. The Morgan fingerprint density at radius 3 is 3.00 bits per heavy atom. The number of aryl methyl sites for hydroxylation is 1. The fraction of sp³-hybridized carbons (Fsp3) is 0.538. The molecule has 0 aliphatic rings. The van der Waals surface area contributed by atoms with E-state index in [-0.39, 0.29) is 0 Å². The predicted molar refractivity (Wildman–Crippen MR) is 80.8 cm³/mol. The summed E-state index contributed by atoms with van der Waals surface area (Å²) in [5, 5.41) is 4.30. The van der Waals surface area contributed by atoms with Crippen LogP contribution >= 0.6 is 11.3 Å². The third-order valence-electron chi connectivity index (χ3n) is 2.71. The van der Waals surface area contributed by atoms with Gasteiger partial charge in [-0.05, 0) is 19.4 Å². The lowest BCUT2D eigenvalue weighted by Crippen LogP contribution is -2.12. The predicted octanol–water partition coefficient (Wildman–Crippen LogP) is 2.81. The number of nitrogens with two attached hydrogens (primary N) is 1. The Bertz CT molecular complexity index is 541. The Balaban J connectivity index is 1.96. The van der Waals surface area contributed by atoms with Gasteiger partial charge in [0.25, 0.3) is 0 Å². The molecule has 2 aromatic rings. The Kier molecular flexibility index (Phi) is 4.93. The number of fused-ring (bicyclic) bond motifs is 1. The molecule has 104 valence electrons. The first-order valence-corrected chi connectivity index (χ1v) is 7.37. The summed E-state index contributed by atoms with van der Waals surface area (Å²) in [7, 11) is 0. The summed E-state index contributed by atoms with van der Waals surface area (Å²) in [6, 6.07) is 2.08. The first-order chi connectivity index (χ1) is 9.20. The molecule has 3 N–H and O–H groups in total. The molecule has 0 atom stereocenters. The van der Waals surface area contributed by atoms with Crippen molar-refractivity contribution in [3.63, 3.8) is 0 Å². The van der Waals surface area contributed by atoms with E-state index in [4.69, 9.17) is 10.5 Å². The standard InChI is InChI=1S/C13H20N4OS/c1-3-4-6-18-7-5-15-11-10-8-9(2)19-12(10)17-13(14)16-11/h8H,3-7H2,1-2H3,(H3,14,15,16,17). The monoisotopic (exact) mass is 280 g/mol. The summed E-state index contributed by atoms with van der Waals surface area (Å²) >= 11 is 1.63. The quantitative estimate of drug-likeness (QED) is 0.763. The molecule has 0 radical (unpaired) electrons. The van der Waals surface area contributed by atoms with E-state index in [9.17, 15) is 0 Å². The fourth-order valence-electron chi connectivity index (χ4n) is 1.78. The Morgan fingerprint density at radius 1 is 1.37 bits per heavy atom. The van der Waals surface area contributed by atoms with Crippen LogP contribution in [0.4, 0.5) is 11.8 Å². The zero-order chi connectivity index (χ0) is 13.7. The van der Waals surface area contributed by atoms with Gasteiger partial charge in [-0.1, -0.05) is 13.3 Å². The molecule has 2 aromatic heterocycles. The number of aromatic nitrogens is 2. The molecule has 0 aliphatic carbocycles. The molecule has 0 bridgehead atoms. The summed E-state index contributed by atoms with van der Waals surface area (Å²) in [6.45, 7) is 6.43. The van der Waals surface area contributed by atoms with Crippen LogP contribution < -0.4 is 11.1 Å². The molecule has 0 unspecified atom stereocenters. The summed E-state index contributed by atoms with van der Waals surface area (Å²) in [5.74, 6) is 1.11. The number of unbranched alkanes of at least 4 members (excludes halogenated alkanes) is 1. The van der Waals surface area contributed by atoms with Crippen LogP contribution in [0.3, 0.4) is 0 Å². The van der Waals surface area contributed by atoms with E-state index >= 15 is 0 Å². The Morgan fingerprint density at radius 2 is 2.21 bits per heavy atom. The maximum atomic E-state index is 5.72. The van der Waals surface area contributed by atoms with Crippen LogP contribution in [-0.4, -0.2) is 29.7 Å². The second-order valence-electron chi connectivity index (χ2n) is 4.40. The van der Waals surface area contributed by atoms with Gasteiger partial charge in [0.05, 0.1) is 12.0 Å². The number of ether oxygens (including phenoxy) is 1. The molecule has 2 heterocycles. The zero-order valence-corrected chi connectivity index (χ0v) is 12.2. The average molecular weight is 280 g/mol. The highest BCUT2D eigenvalue weighted by Gasteiger charge is 2.08. The zero-order valence-electron chi connectivity index (χ0n) is 11.4. The van der Waals surface area contributed by atoms with Crippen LogP contribution in [-0.2, 0) is 4.74 Å². The number of thiophene rings is 1. The van der Waals surface area contributed by atoms with Gasteiger partial charge in [0.2, 0.25) is 5.95 Å². The second kappa shape index (κ2) is 6.68. The van der Waals surface area contributed by atoms with Crippen molar-refractivity contribution in [1.29, 1.82) is 0 Å². The number of hydrogen-bond acceptors (Lipinski definition) is 6. The molecule has 5 nitrogen and oxygen atoms in total. The number of nitrogens with zero attached hydrogens (tertiary/aromatic N) is 2. The molecule has 0 spiro atoms. The number of rotatable bonds is 7. The van der Waals surface area contributed by atoms with E-state index in [0.29, 0.717) is 12.6 Å². The van der Waals surface area contributed by atoms with Gasteiger partial charge in [-0.15, -0.1) is 11.3 Å². The molecular weight excluding hydrogens is 260 g/mol.